The third kappa shape index (κ3) is 4.81. The van der Waals surface area contributed by atoms with Crippen LogP contribution in [0.2, 0.25) is 0 Å². The Kier molecular flexibility index (Phi) is 5.89. The minimum atomic E-state index is -0.481. The van der Waals surface area contributed by atoms with E-state index in [4.69, 9.17) is 4.74 Å². The summed E-state index contributed by atoms with van der Waals surface area (Å²) in [5.41, 5.74) is 2.26. The van der Waals surface area contributed by atoms with Gasteiger partial charge in [0.15, 0.2) is 0 Å². The number of para-hydroxylation sites is 1. The van der Waals surface area contributed by atoms with Gasteiger partial charge < -0.3 is 10.1 Å². The Morgan fingerprint density at radius 1 is 1.17 bits per heavy atom. The number of amides is 1. The van der Waals surface area contributed by atoms with Gasteiger partial charge in [0.2, 0.25) is 5.91 Å². The molecule has 0 radical (unpaired) electrons. The van der Waals surface area contributed by atoms with E-state index in [1.807, 2.05) is 31.2 Å². The Bertz CT molecular complexity index is 744. The van der Waals surface area contributed by atoms with Crippen LogP contribution in [0.3, 0.4) is 0 Å². The van der Waals surface area contributed by atoms with Gasteiger partial charge in [-0.3, -0.25) is 14.9 Å². The summed E-state index contributed by atoms with van der Waals surface area (Å²) in [6, 6.07) is 12.1. The molecule has 1 N–H and O–H groups in total. The Morgan fingerprint density at radius 2 is 1.92 bits per heavy atom. The molecule has 0 bridgehead atoms. The zero-order valence-corrected chi connectivity index (χ0v) is 13.7. The molecule has 0 saturated carbocycles. The van der Waals surface area contributed by atoms with Crippen molar-refractivity contribution in [3.8, 4) is 5.75 Å². The van der Waals surface area contributed by atoms with Crippen LogP contribution in [0.25, 0.3) is 0 Å². The van der Waals surface area contributed by atoms with E-state index in [9.17, 15) is 14.9 Å². The van der Waals surface area contributed by atoms with Crippen molar-refractivity contribution in [1.29, 1.82) is 0 Å². The van der Waals surface area contributed by atoms with Gasteiger partial charge in [-0.05, 0) is 37.5 Å². The van der Waals surface area contributed by atoms with Gasteiger partial charge >= 0.3 is 0 Å². The number of carbonyl (C=O) groups excluding carboxylic acids is 1. The summed E-state index contributed by atoms with van der Waals surface area (Å²) in [6.45, 7) is 4.19. The third-order valence-corrected chi connectivity index (χ3v) is 3.61. The van der Waals surface area contributed by atoms with Crippen LogP contribution >= 0.6 is 0 Å². The van der Waals surface area contributed by atoms with Crippen LogP contribution in [0.5, 0.6) is 5.75 Å². The van der Waals surface area contributed by atoms with Gasteiger partial charge in [0.05, 0.1) is 17.2 Å². The zero-order chi connectivity index (χ0) is 17.5. The summed E-state index contributed by atoms with van der Waals surface area (Å²) in [5, 5.41) is 13.5. The lowest BCUT2D eigenvalue weighted by Crippen LogP contribution is -2.14. The van der Waals surface area contributed by atoms with Gasteiger partial charge in [-0.25, -0.2) is 0 Å². The fraction of sp³-hybridized carbons (Fsp3) is 0.278. The molecule has 0 aromatic heterocycles. The molecule has 0 spiro atoms. The van der Waals surface area contributed by atoms with E-state index in [1.165, 1.54) is 12.1 Å². The van der Waals surface area contributed by atoms with E-state index < -0.39 is 4.92 Å². The number of aryl methyl sites for hydroxylation is 2. The maximum Gasteiger partial charge on any atom is 0.271 e. The van der Waals surface area contributed by atoms with Gasteiger partial charge in [-0.1, -0.05) is 24.3 Å². The highest BCUT2D eigenvalue weighted by Gasteiger charge is 2.11. The van der Waals surface area contributed by atoms with E-state index in [2.05, 4.69) is 5.32 Å². The second kappa shape index (κ2) is 8.10. The SMILES string of the molecule is Cc1ccc([N+](=O)[O-])cc1NC(=O)CCCOc1ccccc1C. The van der Waals surface area contributed by atoms with Crippen molar-refractivity contribution >= 4 is 17.3 Å². The van der Waals surface area contributed by atoms with E-state index in [0.29, 0.717) is 18.7 Å². The first kappa shape index (κ1) is 17.5. The summed E-state index contributed by atoms with van der Waals surface area (Å²) >= 11 is 0. The maximum absolute atomic E-state index is 12.0. The number of non-ortho nitro benzene ring substituents is 1. The van der Waals surface area contributed by atoms with Crippen molar-refractivity contribution in [2.45, 2.75) is 26.7 Å². The normalized spacial score (nSPS) is 10.2. The van der Waals surface area contributed by atoms with Crippen molar-refractivity contribution in [1.82, 2.24) is 0 Å². The smallest absolute Gasteiger partial charge is 0.271 e. The van der Waals surface area contributed by atoms with Gasteiger partial charge in [0.1, 0.15) is 5.75 Å². The number of hydrogen-bond donors (Lipinski definition) is 1. The largest absolute Gasteiger partial charge is 0.493 e. The first-order chi connectivity index (χ1) is 11.5. The highest BCUT2D eigenvalue weighted by molar-refractivity contribution is 5.91. The third-order valence-electron chi connectivity index (χ3n) is 3.61. The number of nitrogens with zero attached hydrogens (tertiary/aromatic N) is 1. The Labute approximate surface area is 140 Å². The number of ether oxygens (including phenoxy) is 1. The highest BCUT2D eigenvalue weighted by atomic mass is 16.6. The highest BCUT2D eigenvalue weighted by Crippen LogP contribution is 2.22. The molecule has 0 saturated heterocycles. The number of hydrogen-bond acceptors (Lipinski definition) is 4. The number of benzene rings is 2. The summed E-state index contributed by atoms with van der Waals surface area (Å²) in [7, 11) is 0. The topological polar surface area (TPSA) is 81.5 Å². The van der Waals surface area contributed by atoms with Crippen LogP contribution < -0.4 is 10.1 Å². The molecule has 0 heterocycles. The maximum atomic E-state index is 12.0. The molecule has 2 aromatic carbocycles. The number of rotatable bonds is 7. The standard InChI is InChI=1S/C18H20N2O4/c1-13-9-10-15(20(22)23)12-16(13)19-18(21)8-5-11-24-17-7-4-3-6-14(17)2/h3-4,6-7,9-10,12H,5,8,11H2,1-2H3,(H,19,21). The van der Waals surface area contributed by atoms with E-state index in [1.54, 1.807) is 13.0 Å². The van der Waals surface area contributed by atoms with Crippen LogP contribution in [-0.2, 0) is 4.79 Å². The van der Waals surface area contributed by atoms with Crippen molar-refractivity contribution in [2.75, 3.05) is 11.9 Å². The summed E-state index contributed by atoms with van der Waals surface area (Å²) in [6.07, 6.45) is 0.849. The zero-order valence-electron chi connectivity index (χ0n) is 13.7. The second-order valence-corrected chi connectivity index (χ2v) is 5.52. The predicted molar refractivity (Wildman–Crippen MR) is 92.4 cm³/mol. The van der Waals surface area contributed by atoms with E-state index in [-0.39, 0.29) is 18.0 Å². The number of anilines is 1. The molecule has 2 rings (SSSR count). The molecule has 2 aromatic rings. The Hall–Kier alpha value is -2.89. The molecule has 6 heteroatoms. The van der Waals surface area contributed by atoms with Crippen molar-refractivity contribution < 1.29 is 14.5 Å². The molecule has 1 amide bonds. The van der Waals surface area contributed by atoms with Crippen molar-refractivity contribution in [3.63, 3.8) is 0 Å². The molecular formula is C18H20N2O4. The molecule has 0 unspecified atom stereocenters. The molecule has 126 valence electrons. The van der Waals surface area contributed by atoms with E-state index in [0.717, 1.165) is 16.9 Å². The van der Waals surface area contributed by atoms with Crippen LogP contribution in [0, 0.1) is 24.0 Å². The Morgan fingerprint density at radius 3 is 2.62 bits per heavy atom. The molecule has 0 fully saturated rings. The lowest BCUT2D eigenvalue weighted by atomic mass is 10.1. The number of nitrogens with one attached hydrogen (secondary N) is 1. The minimum Gasteiger partial charge on any atom is -0.493 e. The lowest BCUT2D eigenvalue weighted by molar-refractivity contribution is -0.384. The number of nitro benzene ring substituents is 1. The first-order valence-corrected chi connectivity index (χ1v) is 7.70. The number of carbonyl (C=O) groups is 1. The number of nitro groups is 1. The lowest BCUT2D eigenvalue weighted by Gasteiger charge is -2.10. The minimum absolute atomic E-state index is 0.0428. The van der Waals surface area contributed by atoms with Gasteiger partial charge in [0, 0.05) is 18.6 Å². The van der Waals surface area contributed by atoms with Crippen LogP contribution in [0.1, 0.15) is 24.0 Å². The summed E-state index contributed by atoms with van der Waals surface area (Å²) in [5.74, 6) is 0.624. The average Bonchev–Trinajstić information content (AvgIpc) is 2.55. The van der Waals surface area contributed by atoms with Crippen LogP contribution in [0.4, 0.5) is 11.4 Å². The van der Waals surface area contributed by atoms with Crippen LogP contribution in [0.15, 0.2) is 42.5 Å². The molecule has 6 nitrogen and oxygen atoms in total. The average molecular weight is 328 g/mol. The monoisotopic (exact) mass is 328 g/mol. The fourth-order valence-corrected chi connectivity index (χ4v) is 2.20. The van der Waals surface area contributed by atoms with Gasteiger partial charge in [0.25, 0.3) is 5.69 Å². The molecule has 0 aliphatic heterocycles. The van der Waals surface area contributed by atoms with Gasteiger partial charge in [-0.2, -0.15) is 0 Å². The quantitative estimate of drug-likeness (QED) is 0.473. The first-order valence-electron chi connectivity index (χ1n) is 7.70. The van der Waals surface area contributed by atoms with Crippen molar-refractivity contribution in [3.05, 3.63) is 63.7 Å². The van der Waals surface area contributed by atoms with Crippen LogP contribution in [-0.4, -0.2) is 17.4 Å². The molecular weight excluding hydrogens is 308 g/mol. The van der Waals surface area contributed by atoms with Crippen molar-refractivity contribution in [2.24, 2.45) is 0 Å². The predicted octanol–water partition coefficient (Wildman–Crippen LogP) is 4.01. The summed E-state index contributed by atoms with van der Waals surface area (Å²) in [4.78, 5) is 22.3. The Balaban J connectivity index is 1.82. The molecule has 0 atom stereocenters. The van der Waals surface area contributed by atoms with E-state index >= 15 is 0 Å². The molecule has 0 aliphatic carbocycles. The fourth-order valence-electron chi connectivity index (χ4n) is 2.20. The van der Waals surface area contributed by atoms with Gasteiger partial charge in [-0.15, -0.1) is 0 Å². The summed E-state index contributed by atoms with van der Waals surface area (Å²) < 4.78 is 5.64. The molecule has 24 heavy (non-hydrogen) atoms. The molecule has 0 aliphatic rings. The second-order valence-electron chi connectivity index (χ2n) is 5.52.